The van der Waals surface area contributed by atoms with Crippen molar-refractivity contribution in [2.45, 2.75) is 31.3 Å². The molecule has 1 aliphatic rings. The number of rotatable bonds is 6. The Morgan fingerprint density at radius 3 is 2.37 bits per heavy atom. The third-order valence-corrected chi connectivity index (χ3v) is 5.04. The van der Waals surface area contributed by atoms with Crippen molar-refractivity contribution in [2.24, 2.45) is 5.92 Å². The van der Waals surface area contributed by atoms with Crippen LogP contribution in [0.15, 0.2) is 48.5 Å². The number of hydrogen-bond acceptors (Lipinski definition) is 4. The molecule has 0 heterocycles. The molecule has 144 valence electrons. The summed E-state index contributed by atoms with van der Waals surface area (Å²) in [5, 5.41) is 22.7. The normalized spacial score (nSPS) is 22.2. The van der Waals surface area contributed by atoms with Crippen LogP contribution >= 0.6 is 0 Å². The van der Waals surface area contributed by atoms with Crippen LogP contribution in [-0.4, -0.2) is 34.9 Å². The van der Waals surface area contributed by atoms with E-state index in [0.29, 0.717) is 36.7 Å². The fourth-order valence-electron chi connectivity index (χ4n) is 3.26. The molecular weight excluding hydrogens is 349 g/mol. The zero-order chi connectivity index (χ0) is 19.3. The van der Waals surface area contributed by atoms with E-state index in [9.17, 15) is 19.4 Å². The Balaban J connectivity index is 1.42. The molecule has 0 aromatic heterocycles. The summed E-state index contributed by atoms with van der Waals surface area (Å²) < 4.78 is 18.6. The minimum Gasteiger partial charge on any atom is -0.508 e. The van der Waals surface area contributed by atoms with Crippen LogP contribution in [0.25, 0.3) is 0 Å². The quantitative estimate of drug-likeness (QED) is 0.726. The lowest BCUT2D eigenvalue weighted by Gasteiger charge is -2.36. The first-order valence-electron chi connectivity index (χ1n) is 9.11. The molecule has 0 bridgehead atoms. The van der Waals surface area contributed by atoms with E-state index >= 15 is 0 Å². The van der Waals surface area contributed by atoms with Crippen molar-refractivity contribution in [2.75, 3.05) is 13.2 Å². The first kappa shape index (κ1) is 19.2. The van der Waals surface area contributed by atoms with Gasteiger partial charge in [-0.3, -0.25) is 4.79 Å². The monoisotopic (exact) mass is 373 g/mol. The van der Waals surface area contributed by atoms with E-state index in [4.69, 9.17) is 4.74 Å². The molecule has 27 heavy (non-hydrogen) atoms. The van der Waals surface area contributed by atoms with E-state index in [1.165, 1.54) is 24.3 Å². The van der Waals surface area contributed by atoms with Gasteiger partial charge in [0.2, 0.25) is 0 Å². The van der Waals surface area contributed by atoms with Crippen molar-refractivity contribution in [1.29, 1.82) is 0 Å². The zero-order valence-electron chi connectivity index (χ0n) is 15.0. The lowest BCUT2D eigenvalue weighted by Crippen LogP contribution is -2.45. The second-order valence-corrected chi connectivity index (χ2v) is 7.16. The molecular formula is C21H24FNO4. The van der Waals surface area contributed by atoms with Crippen LogP contribution in [0, 0.1) is 11.7 Å². The average molecular weight is 373 g/mol. The predicted molar refractivity (Wildman–Crippen MR) is 99.2 cm³/mol. The fraction of sp³-hybridized carbons (Fsp3) is 0.381. The maximum Gasteiger partial charge on any atom is 0.251 e. The Morgan fingerprint density at radius 1 is 1.11 bits per heavy atom. The van der Waals surface area contributed by atoms with Gasteiger partial charge >= 0.3 is 0 Å². The van der Waals surface area contributed by atoms with Crippen molar-refractivity contribution in [3.63, 3.8) is 0 Å². The van der Waals surface area contributed by atoms with Gasteiger partial charge in [0, 0.05) is 12.1 Å². The van der Waals surface area contributed by atoms with Gasteiger partial charge in [0.15, 0.2) is 0 Å². The molecule has 1 saturated carbocycles. The second-order valence-electron chi connectivity index (χ2n) is 7.16. The molecule has 0 saturated heterocycles. The van der Waals surface area contributed by atoms with E-state index < -0.39 is 5.60 Å². The highest BCUT2D eigenvalue weighted by atomic mass is 19.1. The van der Waals surface area contributed by atoms with Gasteiger partial charge in [0.1, 0.15) is 17.3 Å². The van der Waals surface area contributed by atoms with Gasteiger partial charge in [0.05, 0.1) is 12.2 Å². The number of phenolic OH excluding ortho intramolecular Hbond substituents is 1. The van der Waals surface area contributed by atoms with Gasteiger partial charge in [-0.05, 0) is 80.1 Å². The van der Waals surface area contributed by atoms with Crippen molar-refractivity contribution < 1.29 is 24.1 Å². The average Bonchev–Trinajstić information content (AvgIpc) is 2.68. The molecule has 2 aromatic rings. The Kier molecular flexibility index (Phi) is 5.96. The molecule has 0 aliphatic heterocycles. The van der Waals surface area contributed by atoms with Gasteiger partial charge in [-0.1, -0.05) is 0 Å². The highest BCUT2D eigenvalue weighted by molar-refractivity contribution is 5.94. The van der Waals surface area contributed by atoms with Gasteiger partial charge in [0.25, 0.3) is 5.91 Å². The van der Waals surface area contributed by atoms with Crippen molar-refractivity contribution in [1.82, 2.24) is 5.32 Å². The summed E-state index contributed by atoms with van der Waals surface area (Å²) >= 11 is 0. The Bertz CT molecular complexity index is 753. The minimum absolute atomic E-state index is 0.103. The largest absolute Gasteiger partial charge is 0.508 e. The van der Waals surface area contributed by atoms with Crippen LogP contribution in [0.2, 0.25) is 0 Å². The summed E-state index contributed by atoms with van der Waals surface area (Å²) in [5.41, 5.74) is -0.475. The SMILES string of the molecule is O=C(NCC1(O)CCC(COc2ccc(F)cc2)CC1)c1ccc(O)cc1. The Morgan fingerprint density at radius 2 is 1.74 bits per heavy atom. The molecule has 3 rings (SSSR count). The molecule has 1 amide bonds. The number of amides is 1. The van der Waals surface area contributed by atoms with E-state index in [1.807, 2.05) is 0 Å². The number of phenols is 1. The first-order chi connectivity index (χ1) is 12.9. The van der Waals surface area contributed by atoms with E-state index in [2.05, 4.69) is 5.32 Å². The summed E-state index contributed by atoms with van der Waals surface area (Å²) in [7, 11) is 0. The number of halogens is 1. The molecule has 1 fully saturated rings. The topological polar surface area (TPSA) is 78.8 Å². The molecule has 0 atom stereocenters. The van der Waals surface area contributed by atoms with E-state index in [0.717, 1.165) is 12.8 Å². The highest BCUT2D eigenvalue weighted by Crippen LogP contribution is 2.32. The Labute approximate surface area is 157 Å². The van der Waals surface area contributed by atoms with Crippen molar-refractivity contribution >= 4 is 5.91 Å². The summed E-state index contributed by atoms with van der Waals surface area (Å²) in [6.45, 7) is 0.722. The molecule has 6 heteroatoms. The summed E-state index contributed by atoms with van der Waals surface area (Å²) in [6.07, 6.45) is 2.76. The number of aromatic hydroxyl groups is 1. The maximum absolute atomic E-state index is 12.9. The van der Waals surface area contributed by atoms with E-state index in [1.54, 1.807) is 24.3 Å². The highest BCUT2D eigenvalue weighted by Gasteiger charge is 2.33. The third-order valence-electron chi connectivity index (χ3n) is 5.04. The number of hydrogen-bond donors (Lipinski definition) is 3. The number of carbonyl (C=O) groups is 1. The maximum atomic E-state index is 12.9. The third kappa shape index (κ3) is 5.44. The summed E-state index contributed by atoms with van der Waals surface area (Å²) in [6, 6.07) is 11.9. The van der Waals surface area contributed by atoms with E-state index in [-0.39, 0.29) is 24.0 Å². The van der Waals surface area contributed by atoms with Crippen LogP contribution in [-0.2, 0) is 0 Å². The Hall–Kier alpha value is -2.60. The van der Waals surface area contributed by atoms with Crippen LogP contribution < -0.4 is 10.1 Å². The number of ether oxygens (including phenoxy) is 1. The lowest BCUT2D eigenvalue weighted by atomic mass is 9.79. The molecule has 5 nitrogen and oxygen atoms in total. The van der Waals surface area contributed by atoms with Gasteiger partial charge in [-0.25, -0.2) is 4.39 Å². The summed E-state index contributed by atoms with van der Waals surface area (Å²) in [5.74, 6) is 0.498. The van der Waals surface area contributed by atoms with Crippen LogP contribution in [0.4, 0.5) is 4.39 Å². The van der Waals surface area contributed by atoms with Gasteiger partial charge in [-0.15, -0.1) is 0 Å². The number of aliphatic hydroxyl groups is 1. The fourth-order valence-corrected chi connectivity index (χ4v) is 3.26. The number of benzene rings is 2. The molecule has 0 radical (unpaired) electrons. The molecule has 3 N–H and O–H groups in total. The van der Waals surface area contributed by atoms with Crippen LogP contribution in [0.3, 0.4) is 0 Å². The number of nitrogens with one attached hydrogen (secondary N) is 1. The molecule has 0 unspecified atom stereocenters. The van der Waals surface area contributed by atoms with Gasteiger partial charge in [-0.2, -0.15) is 0 Å². The van der Waals surface area contributed by atoms with Crippen LogP contribution in [0.5, 0.6) is 11.5 Å². The molecule has 1 aliphatic carbocycles. The smallest absolute Gasteiger partial charge is 0.251 e. The van der Waals surface area contributed by atoms with Crippen molar-refractivity contribution in [3.8, 4) is 11.5 Å². The predicted octanol–water partition coefficient (Wildman–Crippen LogP) is 3.26. The minimum atomic E-state index is -0.918. The van der Waals surface area contributed by atoms with Crippen LogP contribution in [0.1, 0.15) is 36.0 Å². The summed E-state index contributed by atoms with van der Waals surface area (Å²) in [4.78, 5) is 12.1. The van der Waals surface area contributed by atoms with Crippen molar-refractivity contribution in [3.05, 3.63) is 59.9 Å². The standard InChI is InChI=1S/C21H24FNO4/c22-17-3-7-19(8-4-17)27-13-15-9-11-21(26,12-10-15)14-23-20(25)16-1-5-18(24)6-2-16/h1-8,15,24,26H,9-14H2,(H,23,25). The molecule has 0 spiro atoms. The zero-order valence-corrected chi connectivity index (χ0v) is 15.0. The lowest BCUT2D eigenvalue weighted by molar-refractivity contribution is -0.0129. The van der Waals surface area contributed by atoms with Gasteiger partial charge < -0.3 is 20.3 Å². The second kappa shape index (κ2) is 8.39. The first-order valence-corrected chi connectivity index (χ1v) is 9.11. The molecule has 2 aromatic carbocycles. The number of carbonyl (C=O) groups excluding carboxylic acids is 1.